The first-order valence-electron chi connectivity index (χ1n) is 15.7. The highest BCUT2D eigenvalue weighted by molar-refractivity contribution is 6.35. The summed E-state index contributed by atoms with van der Waals surface area (Å²) < 4.78 is 37.8. The molecule has 4 aliphatic rings. The number of halogens is 3. The Morgan fingerprint density at radius 2 is 2.07 bits per heavy atom. The maximum Gasteiger partial charge on any atom is 0.319 e. The summed E-state index contributed by atoms with van der Waals surface area (Å²) in [5.74, 6) is 0.637. The third-order valence-electron chi connectivity index (χ3n) is 10.4. The molecule has 2 unspecified atom stereocenters. The van der Waals surface area contributed by atoms with Gasteiger partial charge in [-0.2, -0.15) is 9.97 Å². The van der Waals surface area contributed by atoms with Crippen molar-refractivity contribution in [3.8, 4) is 22.9 Å². The number of benzene rings is 3. The Labute approximate surface area is 260 Å². The summed E-state index contributed by atoms with van der Waals surface area (Å²) in [6.07, 6.45) is 3.50. The summed E-state index contributed by atoms with van der Waals surface area (Å²) in [7, 11) is 0. The van der Waals surface area contributed by atoms with E-state index < -0.39 is 12.0 Å². The van der Waals surface area contributed by atoms with Crippen molar-refractivity contribution in [1.29, 1.82) is 0 Å². The molecule has 3 aromatic carbocycles. The van der Waals surface area contributed by atoms with Crippen LogP contribution in [0.1, 0.15) is 37.7 Å². The molecule has 8 rings (SSSR count). The number of nitrogens with zero attached hydrogens (tertiary/aromatic N) is 4. The molecule has 2 bridgehead atoms. The van der Waals surface area contributed by atoms with Crippen LogP contribution in [0.5, 0.6) is 11.8 Å². The molecule has 0 aliphatic carbocycles. The summed E-state index contributed by atoms with van der Waals surface area (Å²) in [5.41, 5.74) is 1.36. The predicted octanol–water partition coefficient (Wildman–Crippen LogP) is 6.40. The number of hydrogen-bond donors (Lipinski definition) is 2. The van der Waals surface area contributed by atoms with E-state index in [0.717, 1.165) is 68.2 Å². The number of aromatic hydroxyl groups is 1. The van der Waals surface area contributed by atoms with Crippen LogP contribution in [-0.2, 0) is 0 Å². The van der Waals surface area contributed by atoms with E-state index in [9.17, 15) is 9.50 Å². The van der Waals surface area contributed by atoms with Gasteiger partial charge in [0.15, 0.2) is 5.82 Å². The normalized spacial score (nSPS) is 26.9. The van der Waals surface area contributed by atoms with Gasteiger partial charge in [-0.05, 0) is 91.7 Å². The highest BCUT2D eigenvalue weighted by atomic mass is 35.5. The number of rotatable bonds is 5. The number of phenolic OH excluding ortho intramolecular Hbond substituents is 1. The van der Waals surface area contributed by atoms with Crippen molar-refractivity contribution in [2.75, 3.05) is 44.2 Å². The fourth-order valence-electron chi connectivity index (χ4n) is 8.31. The van der Waals surface area contributed by atoms with Gasteiger partial charge in [0.25, 0.3) is 0 Å². The van der Waals surface area contributed by atoms with Crippen LogP contribution in [0.2, 0.25) is 5.02 Å². The number of alkyl halides is 1. The predicted molar refractivity (Wildman–Crippen MR) is 169 cm³/mol. The highest BCUT2D eigenvalue weighted by Gasteiger charge is 2.49. The van der Waals surface area contributed by atoms with Crippen molar-refractivity contribution in [2.45, 2.75) is 56.8 Å². The lowest BCUT2D eigenvalue weighted by Crippen LogP contribution is -2.43. The molecule has 44 heavy (non-hydrogen) atoms. The van der Waals surface area contributed by atoms with Gasteiger partial charge in [0, 0.05) is 43.0 Å². The zero-order valence-electron chi connectivity index (χ0n) is 24.8. The van der Waals surface area contributed by atoms with Crippen LogP contribution in [0.3, 0.4) is 0 Å². The molecule has 4 aliphatic heterocycles. The second-order valence-electron chi connectivity index (χ2n) is 13.2. The Balaban J connectivity index is 1.28. The second-order valence-corrected chi connectivity index (χ2v) is 13.7. The van der Waals surface area contributed by atoms with Crippen molar-refractivity contribution >= 4 is 39.1 Å². The van der Waals surface area contributed by atoms with Gasteiger partial charge in [-0.3, -0.25) is 4.90 Å². The molecule has 0 amide bonds. The summed E-state index contributed by atoms with van der Waals surface area (Å²) in [5, 5.41) is 16.6. The van der Waals surface area contributed by atoms with Gasteiger partial charge in [0.2, 0.25) is 0 Å². The minimum atomic E-state index is -0.880. The monoisotopic (exact) mass is 619 g/mol. The number of ether oxygens (including phenoxy) is 1. The zero-order chi connectivity index (χ0) is 30.2. The van der Waals surface area contributed by atoms with Crippen LogP contribution >= 0.6 is 11.6 Å². The molecular formula is C34H36ClF2N5O2. The van der Waals surface area contributed by atoms with Gasteiger partial charge >= 0.3 is 6.01 Å². The van der Waals surface area contributed by atoms with Crippen LogP contribution < -0.4 is 15.0 Å². The number of fused-ring (bicyclic) bond motifs is 5. The van der Waals surface area contributed by atoms with Crippen LogP contribution in [0.25, 0.3) is 32.8 Å². The first-order valence-corrected chi connectivity index (χ1v) is 16.1. The first kappa shape index (κ1) is 28.2. The Bertz CT molecular complexity index is 1790. The Morgan fingerprint density at radius 1 is 1.18 bits per heavy atom. The molecule has 5 heterocycles. The lowest BCUT2D eigenvalue weighted by molar-refractivity contribution is 0.107. The highest BCUT2D eigenvalue weighted by Crippen LogP contribution is 2.44. The average Bonchev–Trinajstić information content (AvgIpc) is 3.62. The molecular weight excluding hydrogens is 584 g/mol. The molecule has 4 atom stereocenters. The molecule has 1 aromatic heterocycles. The topological polar surface area (TPSA) is 73.8 Å². The summed E-state index contributed by atoms with van der Waals surface area (Å²) in [4.78, 5) is 13.9. The number of aromatic nitrogens is 2. The maximum absolute atomic E-state index is 17.0. The van der Waals surface area contributed by atoms with Gasteiger partial charge in [-0.1, -0.05) is 29.8 Å². The molecule has 10 heteroatoms. The van der Waals surface area contributed by atoms with Gasteiger partial charge in [-0.25, -0.2) is 8.78 Å². The van der Waals surface area contributed by atoms with Crippen LogP contribution in [0, 0.1) is 18.7 Å². The minimum Gasteiger partial charge on any atom is -0.508 e. The van der Waals surface area contributed by atoms with Crippen molar-refractivity contribution < 1.29 is 18.6 Å². The fourth-order valence-corrected chi connectivity index (χ4v) is 8.60. The third kappa shape index (κ3) is 4.66. The second kappa shape index (κ2) is 10.7. The maximum atomic E-state index is 17.0. The minimum absolute atomic E-state index is 0.0243. The summed E-state index contributed by atoms with van der Waals surface area (Å²) in [6, 6.07) is 11.1. The molecule has 230 valence electrons. The number of anilines is 1. The molecule has 0 radical (unpaired) electrons. The zero-order valence-corrected chi connectivity index (χ0v) is 25.5. The Hall–Kier alpha value is -3.27. The van der Waals surface area contributed by atoms with E-state index in [0.29, 0.717) is 41.7 Å². The van der Waals surface area contributed by atoms with Gasteiger partial charge in [0.1, 0.15) is 29.9 Å². The van der Waals surface area contributed by atoms with E-state index >= 15 is 4.39 Å². The Morgan fingerprint density at radius 3 is 2.95 bits per heavy atom. The molecule has 7 nitrogen and oxygen atoms in total. The first-order chi connectivity index (χ1) is 21.3. The quantitative estimate of drug-likeness (QED) is 0.268. The molecule has 2 N–H and O–H groups in total. The van der Waals surface area contributed by atoms with E-state index in [1.165, 1.54) is 0 Å². The van der Waals surface area contributed by atoms with Crippen LogP contribution in [-0.4, -0.2) is 77.1 Å². The molecule has 4 fully saturated rings. The Kier molecular flexibility index (Phi) is 6.84. The molecule has 0 spiro atoms. The smallest absolute Gasteiger partial charge is 0.319 e. The van der Waals surface area contributed by atoms with Crippen LogP contribution in [0.15, 0.2) is 36.4 Å². The molecule has 4 aromatic rings. The fraction of sp³-hybridized carbons (Fsp3) is 0.471. The van der Waals surface area contributed by atoms with Crippen molar-refractivity contribution in [3.63, 3.8) is 0 Å². The lowest BCUT2D eigenvalue weighted by atomic mass is 9.93. The SMILES string of the molecule is Cc1cccc2cc(O)cc(-c3c(Cl)cc4c(N5CCC6CNC(C6)C5)nc(OC[C@@]56CCCN5C[C@H](F)C6)nc4c3F)c12. The van der Waals surface area contributed by atoms with Crippen molar-refractivity contribution in [3.05, 3.63) is 52.8 Å². The standard InChI is InChI=1S/C34H36ClF2N5O2/c1-19-4-2-5-21-11-24(43)12-25(28(19)21)29-27(35)13-26-31(30(29)37)39-33(44-18-34-7-3-8-42(34)16-22(36)14-34)40-32(26)41-9-6-20-10-23(17-41)38-15-20/h2,4-5,11-13,20,22-23,38,43H,3,6-10,14-18H2,1H3/t20?,22-,23?,34+/m1/s1. The summed E-state index contributed by atoms with van der Waals surface area (Å²) >= 11 is 6.93. The van der Waals surface area contributed by atoms with E-state index in [1.807, 2.05) is 25.1 Å². The van der Waals surface area contributed by atoms with Gasteiger partial charge in [-0.15, -0.1) is 0 Å². The lowest BCUT2D eigenvalue weighted by Gasteiger charge is -2.31. The van der Waals surface area contributed by atoms with Crippen molar-refractivity contribution in [2.24, 2.45) is 5.92 Å². The number of hydrogen-bond acceptors (Lipinski definition) is 7. The number of nitrogens with one attached hydrogen (secondary N) is 1. The third-order valence-corrected chi connectivity index (χ3v) is 10.7. The van der Waals surface area contributed by atoms with E-state index in [1.54, 1.807) is 18.2 Å². The van der Waals surface area contributed by atoms with E-state index in [4.69, 9.17) is 21.3 Å². The van der Waals surface area contributed by atoms with Crippen LogP contribution in [0.4, 0.5) is 14.6 Å². The summed E-state index contributed by atoms with van der Waals surface area (Å²) in [6.45, 7) is 6.03. The van der Waals surface area contributed by atoms with E-state index in [-0.39, 0.29) is 40.0 Å². The number of aryl methyl sites for hydroxylation is 1. The average molecular weight is 620 g/mol. The van der Waals surface area contributed by atoms with Gasteiger partial charge < -0.3 is 20.1 Å². The molecule has 4 saturated heterocycles. The van der Waals surface area contributed by atoms with E-state index in [2.05, 4.69) is 20.1 Å². The number of phenols is 1. The molecule has 0 saturated carbocycles. The largest absolute Gasteiger partial charge is 0.508 e. The van der Waals surface area contributed by atoms with Gasteiger partial charge in [0.05, 0.1) is 10.6 Å². The van der Waals surface area contributed by atoms with Crippen molar-refractivity contribution in [1.82, 2.24) is 20.2 Å².